The predicted molar refractivity (Wildman–Crippen MR) is 116 cm³/mol. The van der Waals surface area contributed by atoms with Crippen LogP contribution >= 0.6 is 0 Å². The minimum absolute atomic E-state index is 0.368. The van der Waals surface area contributed by atoms with Gasteiger partial charge in [0.2, 0.25) is 0 Å². The molecule has 3 saturated heterocycles. The van der Waals surface area contributed by atoms with E-state index >= 15 is 0 Å². The number of hydrogen-bond donors (Lipinski definition) is 10. The van der Waals surface area contributed by atoms with E-state index in [1.807, 2.05) is 6.92 Å². The predicted octanol–water partition coefficient (Wildman–Crippen LogP) is -5.54. The van der Waals surface area contributed by atoms with Crippen LogP contribution in [-0.2, 0) is 23.7 Å². The molecular formula is C21H39NO14. The number of hydrogen-bond acceptors (Lipinski definition) is 15. The summed E-state index contributed by atoms with van der Waals surface area (Å²) in [4.78, 5) is 0. The van der Waals surface area contributed by atoms with Gasteiger partial charge in [0.15, 0.2) is 18.9 Å². The van der Waals surface area contributed by atoms with Crippen molar-refractivity contribution < 1.29 is 69.6 Å². The molecule has 212 valence electrons. The molecule has 0 saturated carbocycles. The summed E-state index contributed by atoms with van der Waals surface area (Å²) in [5.41, 5.74) is 0. The first kappa shape index (κ1) is 29.9. The second-order valence-corrected chi connectivity index (χ2v) is 9.31. The molecule has 0 aromatic heterocycles. The van der Waals surface area contributed by atoms with E-state index in [4.69, 9.17) is 23.7 Å². The second kappa shape index (κ2) is 13.0. The van der Waals surface area contributed by atoms with Crippen LogP contribution in [0.1, 0.15) is 20.3 Å². The molecule has 15 nitrogen and oxygen atoms in total. The van der Waals surface area contributed by atoms with Gasteiger partial charge in [0.1, 0.15) is 61.0 Å². The van der Waals surface area contributed by atoms with Gasteiger partial charge in [-0.2, -0.15) is 0 Å². The Morgan fingerprint density at radius 2 is 1.31 bits per heavy atom. The van der Waals surface area contributed by atoms with Gasteiger partial charge in [-0.3, -0.25) is 0 Å². The fourth-order valence-corrected chi connectivity index (χ4v) is 4.53. The van der Waals surface area contributed by atoms with E-state index in [0.29, 0.717) is 13.0 Å². The van der Waals surface area contributed by atoms with Crippen LogP contribution in [0.2, 0.25) is 0 Å². The molecule has 15 atom stereocenters. The normalized spacial score (nSPS) is 50.2. The Labute approximate surface area is 207 Å². The molecule has 0 aliphatic carbocycles. The molecule has 36 heavy (non-hydrogen) atoms. The zero-order valence-corrected chi connectivity index (χ0v) is 20.1. The van der Waals surface area contributed by atoms with Crippen molar-refractivity contribution in [2.24, 2.45) is 0 Å². The zero-order chi connectivity index (χ0) is 26.7. The molecule has 0 bridgehead atoms. The van der Waals surface area contributed by atoms with Crippen LogP contribution < -0.4 is 5.32 Å². The van der Waals surface area contributed by atoms with Gasteiger partial charge in [-0.05, 0) is 19.9 Å². The molecule has 0 aromatic carbocycles. The maximum absolute atomic E-state index is 11.2. The average Bonchev–Trinajstić information content (AvgIpc) is 2.86. The van der Waals surface area contributed by atoms with Crippen molar-refractivity contribution in [1.82, 2.24) is 5.32 Å². The Balaban J connectivity index is 1.78. The van der Waals surface area contributed by atoms with Gasteiger partial charge >= 0.3 is 0 Å². The van der Waals surface area contributed by atoms with Gasteiger partial charge in [-0.15, -0.1) is 0 Å². The fourth-order valence-electron chi connectivity index (χ4n) is 4.53. The summed E-state index contributed by atoms with van der Waals surface area (Å²) in [6.07, 6.45) is -19.6. The van der Waals surface area contributed by atoms with Crippen LogP contribution in [0.5, 0.6) is 0 Å². The summed E-state index contributed by atoms with van der Waals surface area (Å²) in [6, 6.07) is -1.06. The van der Waals surface area contributed by atoms with Crippen molar-refractivity contribution in [2.45, 2.75) is 112 Å². The molecule has 3 heterocycles. The van der Waals surface area contributed by atoms with Gasteiger partial charge in [0.25, 0.3) is 0 Å². The molecule has 3 aliphatic rings. The van der Waals surface area contributed by atoms with Gasteiger partial charge in [-0.1, -0.05) is 6.92 Å². The Morgan fingerprint density at radius 1 is 0.667 bits per heavy atom. The van der Waals surface area contributed by atoms with E-state index in [-0.39, 0.29) is 0 Å². The second-order valence-electron chi connectivity index (χ2n) is 9.31. The molecule has 10 N–H and O–H groups in total. The third-order valence-corrected chi connectivity index (χ3v) is 6.72. The number of ether oxygens (including phenoxy) is 5. The molecule has 0 spiro atoms. The standard InChI is InChI=1S/C21H39NO14/c1-3-4-22-10-13(27)17(35-21-16(30)14(28)11(25)7(2)32-21)9(6-24)34-20(10)36-18-15(29)12(26)8(5-23)33-19(18)31/h7-31H,3-6H2,1-2H3/t7-,8-,9-,10-,11+,12-,13-,14+,15+,16-,17-,18+,19+,20+,21+/m1/s1. The average molecular weight is 530 g/mol. The van der Waals surface area contributed by atoms with Crippen LogP contribution in [0.25, 0.3) is 0 Å². The summed E-state index contributed by atoms with van der Waals surface area (Å²) < 4.78 is 27.8. The molecule has 0 amide bonds. The minimum atomic E-state index is -1.75. The van der Waals surface area contributed by atoms with Gasteiger partial charge in [-0.25, -0.2) is 0 Å². The highest BCUT2D eigenvalue weighted by Gasteiger charge is 2.53. The van der Waals surface area contributed by atoms with Crippen LogP contribution in [-0.4, -0.2) is 158 Å². The Bertz CT molecular complexity index is 677. The molecule has 0 unspecified atom stereocenters. The number of nitrogens with one attached hydrogen (secondary N) is 1. The summed E-state index contributed by atoms with van der Waals surface area (Å²) >= 11 is 0. The van der Waals surface area contributed by atoms with E-state index in [1.54, 1.807) is 0 Å². The number of aliphatic hydroxyl groups is 9. The fraction of sp³-hybridized carbons (Fsp3) is 1.00. The molecule has 0 aromatic rings. The maximum atomic E-state index is 11.2. The molecule has 0 radical (unpaired) electrons. The van der Waals surface area contributed by atoms with Crippen molar-refractivity contribution in [3.63, 3.8) is 0 Å². The summed E-state index contributed by atoms with van der Waals surface area (Å²) in [5.74, 6) is 0. The molecule has 15 heteroatoms. The smallest absolute Gasteiger partial charge is 0.187 e. The van der Waals surface area contributed by atoms with Crippen LogP contribution in [0.3, 0.4) is 0 Å². The topological polar surface area (TPSA) is 240 Å². The lowest BCUT2D eigenvalue weighted by molar-refractivity contribution is -0.368. The van der Waals surface area contributed by atoms with E-state index in [1.165, 1.54) is 6.92 Å². The third kappa shape index (κ3) is 6.17. The van der Waals surface area contributed by atoms with Gasteiger partial charge in [0, 0.05) is 0 Å². The van der Waals surface area contributed by atoms with Crippen molar-refractivity contribution in [3.8, 4) is 0 Å². The lowest BCUT2D eigenvalue weighted by atomic mass is 9.95. The first-order valence-electron chi connectivity index (χ1n) is 12.0. The summed E-state index contributed by atoms with van der Waals surface area (Å²) in [5, 5.41) is 94.5. The lowest BCUT2D eigenvalue weighted by Gasteiger charge is -2.49. The number of aliphatic hydroxyl groups excluding tert-OH is 9. The Morgan fingerprint density at radius 3 is 1.92 bits per heavy atom. The molecule has 3 rings (SSSR count). The van der Waals surface area contributed by atoms with Gasteiger partial charge < -0.3 is 75.0 Å². The van der Waals surface area contributed by atoms with Crippen LogP contribution in [0.4, 0.5) is 0 Å². The first-order valence-corrected chi connectivity index (χ1v) is 12.0. The van der Waals surface area contributed by atoms with Crippen molar-refractivity contribution in [3.05, 3.63) is 0 Å². The van der Waals surface area contributed by atoms with Crippen molar-refractivity contribution >= 4 is 0 Å². The highest BCUT2D eigenvalue weighted by atomic mass is 16.7. The van der Waals surface area contributed by atoms with Gasteiger partial charge in [0.05, 0.1) is 25.4 Å². The lowest BCUT2D eigenvalue weighted by Crippen LogP contribution is -2.68. The van der Waals surface area contributed by atoms with E-state index in [0.717, 1.165) is 0 Å². The van der Waals surface area contributed by atoms with Crippen LogP contribution in [0, 0.1) is 0 Å². The maximum Gasteiger partial charge on any atom is 0.187 e. The summed E-state index contributed by atoms with van der Waals surface area (Å²) in [7, 11) is 0. The monoisotopic (exact) mass is 529 g/mol. The van der Waals surface area contributed by atoms with E-state index in [2.05, 4.69) is 5.32 Å². The largest absolute Gasteiger partial charge is 0.394 e. The highest BCUT2D eigenvalue weighted by Crippen LogP contribution is 2.32. The molecule has 3 aliphatic heterocycles. The summed E-state index contributed by atoms with van der Waals surface area (Å²) in [6.45, 7) is 2.34. The first-order chi connectivity index (χ1) is 17.0. The quantitative estimate of drug-likeness (QED) is 0.134. The van der Waals surface area contributed by atoms with Crippen molar-refractivity contribution in [2.75, 3.05) is 19.8 Å². The zero-order valence-electron chi connectivity index (χ0n) is 20.1. The number of rotatable bonds is 9. The molecule has 3 fully saturated rings. The Kier molecular flexibility index (Phi) is 10.8. The van der Waals surface area contributed by atoms with E-state index < -0.39 is 105 Å². The molecular weight excluding hydrogens is 490 g/mol. The van der Waals surface area contributed by atoms with E-state index in [9.17, 15) is 46.0 Å². The minimum Gasteiger partial charge on any atom is -0.394 e. The third-order valence-electron chi connectivity index (χ3n) is 6.72. The van der Waals surface area contributed by atoms with Crippen molar-refractivity contribution in [1.29, 1.82) is 0 Å². The highest BCUT2D eigenvalue weighted by molar-refractivity contribution is 4.98. The van der Waals surface area contributed by atoms with Crippen LogP contribution in [0.15, 0.2) is 0 Å². The SMILES string of the molecule is CCCN[C@H]1[C@H](O[C@H]2[C@@H](O)[C@H](O)[C@@H](CO)O[C@@H]2O)O[C@H](CO)[C@@H](O[C@@H]2O[C@H](C)[C@H](O)[C@H](O)[C@H]2O)[C@@H]1O. The Hall–Kier alpha value is -0.600.